The number of hydrogen-bond acceptors (Lipinski definition) is 4. The van der Waals surface area contributed by atoms with Gasteiger partial charge in [-0.05, 0) is 20.9 Å². The first-order chi connectivity index (χ1) is 8.65. The average Bonchev–Trinajstić information content (AvgIpc) is 2.42. The molecule has 0 aromatic heterocycles. The van der Waals surface area contributed by atoms with Crippen LogP contribution in [0.15, 0.2) is 0 Å². The molecule has 0 aromatic carbocycles. The third kappa shape index (κ3) is 6.69. The van der Waals surface area contributed by atoms with E-state index in [0.29, 0.717) is 6.04 Å². The van der Waals surface area contributed by atoms with Gasteiger partial charge in [0.05, 0.1) is 13.2 Å². The van der Waals surface area contributed by atoms with Gasteiger partial charge in [-0.1, -0.05) is 20.8 Å². The van der Waals surface area contributed by atoms with Crippen LogP contribution >= 0.6 is 0 Å². The third-order valence-electron chi connectivity index (χ3n) is 3.34. The molecule has 110 valence electrons. The van der Waals surface area contributed by atoms with Crippen LogP contribution in [0, 0.1) is 0 Å². The Balaban J connectivity index is 0.00000137. The molecule has 1 fully saturated rings. The summed E-state index contributed by atoms with van der Waals surface area (Å²) in [6.07, 6.45) is 0. The fraction of sp³-hybridized carbons (Fsp3) is 1.00. The second-order valence-electron chi connectivity index (χ2n) is 4.69. The smallest absolute Gasteiger partial charge is 0.0608 e. The maximum atomic E-state index is 5.38. The number of morpholine rings is 1. The first kappa shape index (κ1) is 17.8. The first-order valence-electron chi connectivity index (χ1n) is 7.43. The zero-order valence-corrected chi connectivity index (χ0v) is 13.3. The van der Waals surface area contributed by atoms with E-state index in [9.17, 15) is 0 Å². The minimum Gasteiger partial charge on any atom is -0.379 e. The van der Waals surface area contributed by atoms with Crippen LogP contribution in [0.3, 0.4) is 0 Å². The van der Waals surface area contributed by atoms with Crippen molar-refractivity contribution in [2.24, 2.45) is 0 Å². The van der Waals surface area contributed by atoms with E-state index in [1.54, 1.807) is 0 Å². The summed E-state index contributed by atoms with van der Waals surface area (Å²) in [5.74, 6) is 0. The van der Waals surface area contributed by atoms with Crippen molar-refractivity contribution in [2.45, 2.75) is 40.7 Å². The number of rotatable bonds is 6. The van der Waals surface area contributed by atoms with Crippen LogP contribution in [0.2, 0.25) is 0 Å². The number of nitrogens with zero attached hydrogens (tertiary/aromatic N) is 3. The van der Waals surface area contributed by atoms with Crippen molar-refractivity contribution in [3.63, 3.8) is 0 Å². The summed E-state index contributed by atoms with van der Waals surface area (Å²) in [7, 11) is 2.19. The Morgan fingerprint density at radius 3 is 2.11 bits per heavy atom. The molecule has 0 spiro atoms. The monoisotopic (exact) mass is 259 g/mol. The van der Waals surface area contributed by atoms with E-state index in [-0.39, 0.29) is 0 Å². The lowest BCUT2D eigenvalue weighted by Gasteiger charge is -2.37. The Bertz CT molecular complexity index is 182. The van der Waals surface area contributed by atoms with Crippen LogP contribution in [-0.4, -0.2) is 73.9 Å². The van der Waals surface area contributed by atoms with Crippen molar-refractivity contribution in [3.8, 4) is 0 Å². The molecule has 0 aliphatic carbocycles. The minimum absolute atomic E-state index is 0.628. The van der Waals surface area contributed by atoms with Gasteiger partial charge in [-0.2, -0.15) is 0 Å². The van der Waals surface area contributed by atoms with E-state index in [1.165, 1.54) is 0 Å². The van der Waals surface area contributed by atoms with Gasteiger partial charge < -0.3 is 9.64 Å². The van der Waals surface area contributed by atoms with Crippen molar-refractivity contribution in [3.05, 3.63) is 0 Å². The lowest BCUT2D eigenvalue weighted by molar-refractivity contribution is -0.0899. The molecular formula is C14H33N3O. The Morgan fingerprint density at radius 1 is 1.11 bits per heavy atom. The average molecular weight is 259 g/mol. The molecule has 0 N–H and O–H groups in total. The first-order valence-corrected chi connectivity index (χ1v) is 7.43. The Kier molecular flexibility index (Phi) is 10.6. The highest BCUT2D eigenvalue weighted by Gasteiger charge is 2.17. The van der Waals surface area contributed by atoms with E-state index in [0.717, 1.165) is 45.9 Å². The highest BCUT2D eigenvalue weighted by Crippen LogP contribution is 2.03. The van der Waals surface area contributed by atoms with E-state index in [4.69, 9.17) is 4.74 Å². The molecule has 1 rings (SSSR count). The second-order valence-corrected chi connectivity index (χ2v) is 4.69. The van der Waals surface area contributed by atoms with E-state index in [2.05, 4.69) is 42.7 Å². The second kappa shape index (κ2) is 10.7. The molecule has 18 heavy (non-hydrogen) atoms. The van der Waals surface area contributed by atoms with Crippen LogP contribution < -0.4 is 0 Å². The van der Waals surface area contributed by atoms with Crippen LogP contribution in [0.4, 0.5) is 0 Å². The van der Waals surface area contributed by atoms with Crippen molar-refractivity contribution < 1.29 is 4.74 Å². The standard InChI is InChI=1S/C12H27N3O.C2H6/c1-5-14(7-6-13(4)12(2)3)15-8-10-16-11-9-15;1-2/h12H,5-11H2,1-4H3;1-2H3. The van der Waals surface area contributed by atoms with Crippen LogP contribution in [0.5, 0.6) is 0 Å². The molecule has 0 saturated carbocycles. The summed E-state index contributed by atoms with van der Waals surface area (Å²) in [5, 5.41) is 4.87. The molecule has 1 heterocycles. The van der Waals surface area contributed by atoms with Gasteiger partial charge >= 0.3 is 0 Å². The van der Waals surface area contributed by atoms with E-state index in [1.807, 2.05) is 13.8 Å². The van der Waals surface area contributed by atoms with Crippen LogP contribution in [0.1, 0.15) is 34.6 Å². The summed E-state index contributed by atoms with van der Waals surface area (Å²) in [6, 6.07) is 0.628. The van der Waals surface area contributed by atoms with Gasteiger partial charge in [0, 0.05) is 38.8 Å². The summed E-state index contributed by atoms with van der Waals surface area (Å²) in [5.41, 5.74) is 0. The summed E-state index contributed by atoms with van der Waals surface area (Å²) >= 11 is 0. The quantitative estimate of drug-likeness (QED) is 0.725. The van der Waals surface area contributed by atoms with Crippen molar-refractivity contribution in [1.82, 2.24) is 14.9 Å². The SMILES string of the molecule is CC.CCN(CCN(C)C(C)C)N1CCOCC1. The van der Waals surface area contributed by atoms with Crippen molar-refractivity contribution in [1.29, 1.82) is 0 Å². The number of hydrogen-bond donors (Lipinski definition) is 0. The molecule has 0 unspecified atom stereocenters. The van der Waals surface area contributed by atoms with E-state index >= 15 is 0 Å². The van der Waals surface area contributed by atoms with Gasteiger partial charge in [0.15, 0.2) is 0 Å². The van der Waals surface area contributed by atoms with Gasteiger partial charge in [-0.15, -0.1) is 0 Å². The lowest BCUT2D eigenvalue weighted by atomic mass is 10.3. The highest BCUT2D eigenvalue weighted by molar-refractivity contribution is 4.64. The zero-order valence-electron chi connectivity index (χ0n) is 13.3. The maximum absolute atomic E-state index is 5.38. The van der Waals surface area contributed by atoms with Crippen molar-refractivity contribution >= 4 is 0 Å². The number of hydrazine groups is 1. The fourth-order valence-electron chi connectivity index (χ4n) is 1.87. The Labute approximate surface area is 114 Å². The normalized spacial score (nSPS) is 17.2. The maximum Gasteiger partial charge on any atom is 0.0608 e. The molecule has 1 aliphatic rings. The van der Waals surface area contributed by atoms with Gasteiger partial charge in [0.25, 0.3) is 0 Å². The largest absolute Gasteiger partial charge is 0.379 e. The molecule has 1 saturated heterocycles. The summed E-state index contributed by atoms with van der Waals surface area (Å²) in [4.78, 5) is 2.39. The highest BCUT2D eigenvalue weighted by atomic mass is 16.5. The Morgan fingerprint density at radius 2 is 1.67 bits per heavy atom. The minimum atomic E-state index is 0.628. The molecule has 0 amide bonds. The molecule has 4 nitrogen and oxygen atoms in total. The number of likely N-dealkylation sites (N-methyl/N-ethyl adjacent to an activating group) is 2. The predicted molar refractivity (Wildman–Crippen MR) is 78.8 cm³/mol. The Hall–Kier alpha value is -0.160. The summed E-state index contributed by atoms with van der Waals surface area (Å²) in [6.45, 7) is 17.9. The zero-order chi connectivity index (χ0) is 14.0. The molecule has 0 bridgehead atoms. The topological polar surface area (TPSA) is 19.0 Å². The van der Waals surface area contributed by atoms with Crippen LogP contribution in [0.25, 0.3) is 0 Å². The van der Waals surface area contributed by atoms with Gasteiger partial charge in [-0.25, -0.2) is 10.0 Å². The molecule has 1 aliphatic heterocycles. The van der Waals surface area contributed by atoms with E-state index < -0.39 is 0 Å². The summed E-state index contributed by atoms with van der Waals surface area (Å²) < 4.78 is 5.38. The van der Waals surface area contributed by atoms with Crippen molar-refractivity contribution in [2.75, 3.05) is 53.0 Å². The van der Waals surface area contributed by atoms with Gasteiger partial charge in [0.2, 0.25) is 0 Å². The molecule has 0 atom stereocenters. The molecule has 0 aromatic rings. The van der Waals surface area contributed by atoms with Gasteiger partial charge in [0.1, 0.15) is 0 Å². The number of ether oxygens (including phenoxy) is 1. The van der Waals surface area contributed by atoms with Crippen LogP contribution in [-0.2, 0) is 4.74 Å². The predicted octanol–water partition coefficient (Wildman–Crippen LogP) is 1.92. The molecule has 0 radical (unpaired) electrons. The van der Waals surface area contributed by atoms with Gasteiger partial charge in [-0.3, -0.25) is 0 Å². The fourth-order valence-corrected chi connectivity index (χ4v) is 1.87. The lowest BCUT2D eigenvalue weighted by Crippen LogP contribution is -2.51. The third-order valence-corrected chi connectivity index (χ3v) is 3.34. The molecular weight excluding hydrogens is 226 g/mol. The molecule has 4 heteroatoms.